The third kappa shape index (κ3) is 5.85. The van der Waals surface area contributed by atoms with E-state index in [0.717, 1.165) is 24.7 Å². The molecule has 1 aliphatic rings. The van der Waals surface area contributed by atoms with Crippen molar-refractivity contribution in [1.29, 1.82) is 0 Å². The maximum absolute atomic E-state index is 5.95. The van der Waals surface area contributed by atoms with Crippen molar-refractivity contribution in [1.82, 2.24) is 10.2 Å². The molecule has 1 aliphatic heterocycles. The zero-order chi connectivity index (χ0) is 14.9. The van der Waals surface area contributed by atoms with E-state index in [-0.39, 0.29) is 0 Å². The van der Waals surface area contributed by atoms with Crippen LogP contribution in [0.2, 0.25) is 5.02 Å². The van der Waals surface area contributed by atoms with E-state index in [9.17, 15) is 0 Å². The minimum Gasteiger partial charge on any atom is -0.369 e. The molecule has 3 nitrogen and oxygen atoms in total. The van der Waals surface area contributed by atoms with Crippen LogP contribution >= 0.6 is 11.6 Å². The summed E-state index contributed by atoms with van der Waals surface area (Å²) in [6.07, 6.45) is 5.36. The Morgan fingerprint density at radius 1 is 0.952 bits per heavy atom. The molecule has 1 aromatic carbocycles. The number of nitrogens with one attached hydrogen (secondary N) is 1. The van der Waals surface area contributed by atoms with Crippen molar-refractivity contribution in [3.05, 3.63) is 29.3 Å². The molecule has 1 fully saturated rings. The standard InChI is InChI=1S/C17H28ClN3/c1-19-10-4-2-3-5-11-20-12-14-21(15-13-20)17-8-6-16(18)7-9-17/h6-9,19H,2-5,10-15H2,1H3. The lowest BCUT2D eigenvalue weighted by Crippen LogP contribution is -2.46. The van der Waals surface area contributed by atoms with Crippen LogP contribution in [0.15, 0.2) is 24.3 Å². The summed E-state index contributed by atoms with van der Waals surface area (Å²) >= 11 is 5.95. The van der Waals surface area contributed by atoms with Gasteiger partial charge in [0.15, 0.2) is 0 Å². The fraction of sp³-hybridized carbons (Fsp3) is 0.647. The molecule has 0 spiro atoms. The number of anilines is 1. The van der Waals surface area contributed by atoms with E-state index in [4.69, 9.17) is 11.6 Å². The molecule has 0 unspecified atom stereocenters. The molecule has 21 heavy (non-hydrogen) atoms. The highest BCUT2D eigenvalue weighted by atomic mass is 35.5. The first-order valence-corrected chi connectivity index (χ1v) is 8.55. The molecule has 0 bridgehead atoms. The van der Waals surface area contributed by atoms with E-state index in [1.54, 1.807) is 0 Å². The van der Waals surface area contributed by atoms with Crippen LogP contribution in [0.1, 0.15) is 25.7 Å². The van der Waals surface area contributed by atoms with Gasteiger partial charge >= 0.3 is 0 Å². The van der Waals surface area contributed by atoms with Gasteiger partial charge in [0.25, 0.3) is 0 Å². The Hall–Kier alpha value is -0.770. The summed E-state index contributed by atoms with van der Waals surface area (Å²) < 4.78 is 0. The number of hydrogen-bond donors (Lipinski definition) is 1. The van der Waals surface area contributed by atoms with Crippen molar-refractivity contribution >= 4 is 17.3 Å². The number of unbranched alkanes of at least 4 members (excludes halogenated alkanes) is 3. The van der Waals surface area contributed by atoms with Crippen LogP contribution in [0.4, 0.5) is 5.69 Å². The van der Waals surface area contributed by atoms with Gasteiger partial charge in [-0.05, 0) is 57.2 Å². The average Bonchev–Trinajstić information content (AvgIpc) is 2.52. The molecule has 2 rings (SSSR count). The number of rotatable bonds is 8. The van der Waals surface area contributed by atoms with E-state index in [1.165, 1.54) is 51.0 Å². The monoisotopic (exact) mass is 309 g/mol. The van der Waals surface area contributed by atoms with Crippen LogP contribution in [0.3, 0.4) is 0 Å². The Bertz CT molecular complexity index is 386. The zero-order valence-electron chi connectivity index (χ0n) is 13.2. The molecule has 0 saturated carbocycles. The molecule has 1 saturated heterocycles. The maximum Gasteiger partial charge on any atom is 0.0407 e. The van der Waals surface area contributed by atoms with Gasteiger partial charge in [-0.25, -0.2) is 0 Å². The number of nitrogens with zero attached hydrogens (tertiary/aromatic N) is 2. The lowest BCUT2D eigenvalue weighted by molar-refractivity contribution is 0.252. The molecule has 1 heterocycles. The van der Waals surface area contributed by atoms with Crippen LogP contribution in [-0.4, -0.2) is 51.2 Å². The fourth-order valence-corrected chi connectivity index (χ4v) is 3.00. The van der Waals surface area contributed by atoms with Crippen LogP contribution < -0.4 is 10.2 Å². The smallest absolute Gasteiger partial charge is 0.0407 e. The summed E-state index contributed by atoms with van der Waals surface area (Å²) in [7, 11) is 2.03. The number of hydrogen-bond acceptors (Lipinski definition) is 3. The van der Waals surface area contributed by atoms with Gasteiger partial charge in [0.1, 0.15) is 0 Å². The van der Waals surface area contributed by atoms with Crippen molar-refractivity contribution in [3.8, 4) is 0 Å². The first kappa shape index (κ1) is 16.6. The van der Waals surface area contributed by atoms with Crippen molar-refractivity contribution < 1.29 is 0 Å². The van der Waals surface area contributed by atoms with E-state index in [1.807, 2.05) is 19.2 Å². The molecule has 1 N–H and O–H groups in total. The molecular formula is C17H28ClN3. The highest BCUT2D eigenvalue weighted by molar-refractivity contribution is 6.30. The minimum atomic E-state index is 0.815. The summed E-state index contributed by atoms with van der Waals surface area (Å²) in [5, 5.41) is 4.02. The summed E-state index contributed by atoms with van der Waals surface area (Å²) in [6.45, 7) is 7.02. The van der Waals surface area contributed by atoms with Gasteiger partial charge in [0.05, 0.1) is 0 Å². The second-order valence-electron chi connectivity index (χ2n) is 5.82. The third-order valence-corrected chi connectivity index (χ3v) is 4.47. The lowest BCUT2D eigenvalue weighted by Gasteiger charge is -2.36. The van der Waals surface area contributed by atoms with Gasteiger partial charge in [-0.1, -0.05) is 24.4 Å². The van der Waals surface area contributed by atoms with Crippen molar-refractivity contribution in [3.63, 3.8) is 0 Å². The van der Waals surface area contributed by atoms with Crippen LogP contribution in [-0.2, 0) is 0 Å². The Labute approximate surface area is 134 Å². The normalized spacial score (nSPS) is 16.4. The van der Waals surface area contributed by atoms with E-state index >= 15 is 0 Å². The van der Waals surface area contributed by atoms with Crippen molar-refractivity contribution in [2.75, 3.05) is 51.2 Å². The average molecular weight is 310 g/mol. The SMILES string of the molecule is CNCCCCCCN1CCN(c2ccc(Cl)cc2)CC1. The second-order valence-corrected chi connectivity index (χ2v) is 6.26. The largest absolute Gasteiger partial charge is 0.369 e. The Morgan fingerprint density at radius 2 is 1.62 bits per heavy atom. The predicted molar refractivity (Wildman–Crippen MR) is 92.5 cm³/mol. The van der Waals surface area contributed by atoms with E-state index < -0.39 is 0 Å². The zero-order valence-corrected chi connectivity index (χ0v) is 13.9. The van der Waals surface area contributed by atoms with Crippen LogP contribution in [0.5, 0.6) is 0 Å². The summed E-state index contributed by atoms with van der Waals surface area (Å²) in [4.78, 5) is 5.06. The Kier molecular flexibility index (Phi) is 7.34. The van der Waals surface area contributed by atoms with Gasteiger partial charge in [-0.2, -0.15) is 0 Å². The van der Waals surface area contributed by atoms with Crippen molar-refractivity contribution in [2.45, 2.75) is 25.7 Å². The third-order valence-electron chi connectivity index (χ3n) is 4.22. The molecular weight excluding hydrogens is 282 g/mol. The molecule has 0 amide bonds. The Balaban J connectivity index is 1.61. The highest BCUT2D eigenvalue weighted by Gasteiger charge is 2.16. The second kappa shape index (κ2) is 9.29. The van der Waals surface area contributed by atoms with Gasteiger partial charge < -0.3 is 10.2 Å². The fourth-order valence-electron chi connectivity index (χ4n) is 2.87. The number of benzene rings is 1. The van der Waals surface area contributed by atoms with E-state index in [0.29, 0.717) is 0 Å². The molecule has 4 heteroatoms. The molecule has 0 aromatic heterocycles. The summed E-state index contributed by atoms with van der Waals surface area (Å²) in [5.74, 6) is 0. The van der Waals surface area contributed by atoms with E-state index in [2.05, 4.69) is 27.2 Å². The maximum atomic E-state index is 5.95. The molecule has 118 valence electrons. The van der Waals surface area contributed by atoms with Gasteiger partial charge in [-0.15, -0.1) is 0 Å². The number of halogens is 1. The minimum absolute atomic E-state index is 0.815. The van der Waals surface area contributed by atoms with Gasteiger partial charge in [0, 0.05) is 36.9 Å². The van der Waals surface area contributed by atoms with Gasteiger partial charge in [-0.3, -0.25) is 4.90 Å². The van der Waals surface area contributed by atoms with Crippen molar-refractivity contribution in [2.24, 2.45) is 0 Å². The first-order valence-electron chi connectivity index (χ1n) is 8.17. The molecule has 0 aliphatic carbocycles. The molecule has 1 aromatic rings. The highest BCUT2D eigenvalue weighted by Crippen LogP contribution is 2.19. The molecule has 0 radical (unpaired) electrons. The Morgan fingerprint density at radius 3 is 2.29 bits per heavy atom. The molecule has 0 atom stereocenters. The van der Waals surface area contributed by atoms with Crippen LogP contribution in [0.25, 0.3) is 0 Å². The van der Waals surface area contributed by atoms with Crippen LogP contribution in [0, 0.1) is 0 Å². The first-order chi connectivity index (χ1) is 10.3. The lowest BCUT2D eigenvalue weighted by atomic mass is 10.1. The number of piperazine rings is 1. The van der Waals surface area contributed by atoms with Gasteiger partial charge in [0.2, 0.25) is 0 Å². The predicted octanol–water partition coefficient (Wildman–Crippen LogP) is 3.24. The topological polar surface area (TPSA) is 18.5 Å². The summed E-state index contributed by atoms with van der Waals surface area (Å²) in [5.41, 5.74) is 1.30. The summed E-state index contributed by atoms with van der Waals surface area (Å²) in [6, 6.07) is 8.21. The quantitative estimate of drug-likeness (QED) is 0.744.